The van der Waals surface area contributed by atoms with Gasteiger partial charge in [-0.2, -0.15) is 4.80 Å². The third kappa shape index (κ3) is 5.91. The average molecular weight is 578 g/mol. The number of carbonyl (C=O) groups is 2. The van der Waals surface area contributed by atoms with Crippen molar-refractivity contribution in [3.8, 4) is 11.4 Å². The van der Waals surface area contributed by atoms with E-state index in [1.165, 1.54) is 40.5 Å². The fraction of sp³-hybridized carbons (Fsp3) is 0.0968. The number of hydrogen-bond donors (Lipinski definition) is 1. The molecule has 6 rings (SSSR count). The molecule has 0 aliphatic rings. The van der Waals surface area contributed by atoms with Gasteiger partial charge in [-0.25, -0.2) is 4.39 Å². The Morgan fingerprint density at radius 1 is 0.952 bits per heavy atom. The first-order chi connectivity index (χ1) is 20.5. The zero-order valence-corrected chi connectivity index (χ0v) is 23.0. The topological polar surface area (TPSA) is 106 Å². The third-order valence-electron chi connectivity index (χ3n) is 6.58. The lowest BCUT2D eigenvalue weighted by Gasteiger charge is -2.30. The molecule has 0 fully saturated rings. The van der Waals surface area contributed by atoms with Crippen LogP contribution in [-0.4, -0.2) is 37.0 Å². The van der Waals surface area contributed by atoms with Crippen molar-refractivity contribution in [1.29, 1.82) is 0 Å². The van der Waals surface area contributed by atoms with Gasteiger partial charge in [-0.1, -0.05) is 54.6 Å². The summed E-state index contributed by atoms with van der Waals surface area (Å²) in [4.78, 5) is 35.8. The predicted octanol–water partition coefficient (Wildman–Crippen LogP) is 5.18. The maximum Gasteiger partial charge on any atom is 0.251 e. The number of thiophene rings is 1. The van der Waals surface area contributed by atoms with Crippen molar-refractivity contribution in [2.75, 3.05) is 4.90 Å². The van der Waals surface area contributed by atoms with Gasteiger partial charge in [0.05, 0.1) is 17.4 Å². The molecule has 0 radical (unpaired) electrons. The van der Waals surface area contributed by atoms with E-state index in [1.807, 2.05) is 78.2 Å². The molecule has 42 heavy (non-hydrogen) atoms. The maximum atomic E-state index is 14.1. The number of benzene rings is 3. The molecule has 3 aromatic heterocycles. The second kappa shape index (κ2) is 12.1. The lowest BCUT2D eigenvalue weighted by atomic mass is 10.1. The van der Waals surface area contributed by atoms with Crippen molar-refractivity contribution in [2.24, 2.45) is 0 Å². The highest BCUT2D eigenvalue weighted by atomic mass is 32.1. The number of tetrazole rings is 1. The van der Waals surface area contributed by atoms with Crippen molar-refractivity contribution >= 4 is 39.7 Å². The van der Waals surface area contributed by atoms with E-state index in [0.717, 1.165) is 21.3 Å². The Bertz CT molecular complexity index is 1830. The van der Waals surface area contributed by atoms with E-state index in [1.54, 1.807) is 6.20 Å². The van der Waals surface area contributed by atoms with Gasteiger partial charge in [0.1, 0.15) is 18.4 Å². The second-order valence-electron chi connectivity index (χ2n) is 9.42. The molecule has 0 saturated heterocycles. The van der Waals surface area contributed by atoms with Gasteiger partial charge >= 0.3 is 0 Å². The fourth-order valence-electron chi connectivity index (χ4n) is 4.55. The molecule has 1 atom stereocenters. The molecule has 0 bridgehead atoms. The molecule has 208 valence electrons. The summed E-state index contributed by atoms with van der Waals surface area (Å²) in [5.41, 5.74) is 2.70. The molecule has 0 unspecified atom stereocenters. The van der Waals surface area contributed by atoms with Crippen LogP contribution in [0, 0.1) is 5.82 Å². The van der Waals surface area contributed by atoms with E-state index in [2.05, 4.69) is 25.7 Å². The number of anilines is 1. The number of amides is 2. The monoisotopic (exact) mass is 577 g/mol. The van der Waals surface area contributed by atoms with E-state index >= 15 is 0 Å². The minimum Gasteiger partial charge on any atom is -0.350 e. The van der Waals surface area contributed by atoms with Crippen LogP contribution in [0.5, 0.6) is 0 Å². The van der Waals surface area contributed by atoms with Gasteiger partial charge in [-0.15, -0.1) is 21.5 Å². The maximum absolute atomic E-state index is 14.1. The zero-order valence-electron chi connectivity index (χ0n) is 22.2. The number of pyridine rings is 1. The number of nitrogens with zero attached hydrogens (tertiary/aromatic N) is 6. The van der Waals surface area contributed by atoms with E-state index < -0.39 is 11.9 Å². The van der Waals surface area contributed by atoms with E-state index in [4.69, 9.17) is 0 Å². The molecule has 0 spiro atoms. The summed E-state index contributed by atoms with van der Waals surface area (Å²) in [6.45, 7) is 0.0000724. The lowest BCUT2D eigenvalue weighted by Crippen LogP contribution is -2.45. The van der Waals surface area contributed by atoms with E-state index in [9.17, 15) is 14.0 Å². The average Bonchev–Trinajstić information content (AvgIpc) is 3.72. The van der Waals surface area contributed by atoms with Gasteiger partial charge < -0.3 is 5.32 Å². The molecule has 1 N–H and O–H groups in total. The number of carbonyl (C=O) groups excluding carboxylic acids is 2. The van der Waals surface area contributed by atoms with Crippen molar-refractivity contribution in [1.82, 2.24) is 30.5 Å². The summed E-state index contributed by atoms with van der Waals surface area (Å²) in [6.07, 6.45) is 1.59. The SMILES string of the molecule is O=C(NCc1ccccc1)[C@H](c1cccs1)N(C(=O)Cn1nnc(-c2ccc(F)cc2)n1)c1cnc2ccccc2c1. The van der Waals surface area contributed by atoms with Gasteiger partial charge in [-0.3, -0.25) is 19.5 Å². The number of nitrogens with one attached hydrogen (secondary N) is 1. The van der Waals surface area contributed by atoms with Crippen LogP contribution < -0.4 is 10.2 Å². The third-order valence-corrected chi connectivity index (χ3v) is 7.51. The Morgan fingerprint density at radius 3 is 2.52 bits per heavy atom. The van der Waals surface area contributed by atoms with Crippen LogP contribution in [-0.2, 0) is 22.7 Å². The molecular formula is C31H24FN7O2S. The summed E-state index contributed by atoms with van der Waals surface area (Å²) in [5.74, 6) is -0.923. The van der Waals surface area contributed by atoms with Crippen molar-refractivity contribution < 1.29 is 14.0 Å². The minimum absolute atomic E-state index is 0.247. The molecule has 3 aromatic carbocycles. The zero-order chi connectivity index (χ0) is 28.9. The highest BCUT2D eigenvalue weighted by Gasteiger charge is 2.34. The standard InChI is InChI=1S/C31H24FN7O2S/c32-24-14-12-22(13-15-24)30-35-37-38(36-30)20-28(40)39(25-17-23-9-4-5-10-26(23)33-19-25)29(27-11-6-16-42-27)31(41)34-18-21-7-2-1-3-8-21/h1-17,19,29H,18,20H2,(H,34,41)/t29-/m0/s1. The minimum atomic E-state index is -0.982. The van der Waals surface area contributed by atoms with Gasteiger partial charge in [0, 0.05) is 22.4 Å². The summed E-state index contributed by atoms with van der Waals surface area (Å²) in [7, 11) is 0. The van der Waals surface area contributed by atoms with Crippen LogP contribution in [0.2, 0.25) is 0 Å². The van der Waals surface area contributed by atoms with Crippen LogP contribution in [0.15, 0.2) is 109 Å². The number of halogens is 1. The van der Waals surface area contributed by atoms with Crippen LogP contribution in [0.4, 0.5) is 10.1 Å². The first-order valence-corrected chi connectivity index (χ1v) is 14.0. The van der Waals surface area contributed by atoms with Crippen LogP contribution in [0.3, 0.4) is 0 Å². The summed E-state index contributed by atoms with van der Waals surface area (Å²) < 4.78 is 13.4. The van der Waals surface area contributed by atoms with Crippen molar-refractivity contribution in [3.05, 3.63) is 125 Å². The summed E-state index contributed by atoms with van der Waals surface area (Å²) >= 11 is 1.38. The Hall–Kier alpha value is -5.29. The van der Waals surface area contributed by atoms with Gasteiger partial charge in [0.15, 0.2) is 0 Å². The lowest BCUT2D eigenvalue weighted by molar-refractivity contribution is -0.127. The van der Waals surface area contributed by atoms with Crippen LogP contribution >= 0.6 is 11.3 Å². The van der Waals surface area contributed by atoms with Gasteiger partial charge in [-0.05, 0) is 58.6 Å². The van der Waals surface area contributed by atoms with Crippen LogP contribution in [0.1, 0.15) is 16.5 Å². The molecule has 6 aromatic rings. The number of hydrogen-bond acceptors (Lipinski definition) is 7. The molecule has 11 heteroatoms. The number of fused-ring (bicyclic) bond motifs is 1. The molecular weight excluding hydrogens is 553 g/mol. The molecule has 3 heterocycles. The second-order valence-corrected chi connectivity index (χ2v) is 10.4. The number of para-hydroxylation sites is 1. The Morgan fingerprint density at radius 2 is 1.74 bits per heavy atom. The fourth-order valence-corrected chi connectivity index (χ4v) is 5.37. The number of aromatic nitrogens is 5. The molecule has 0 saturated carbocycles. The predicted molar refractivity (Wildman–Crippen MR) is 158 cm³/mol. The number of rotatable bonds is 9. The van der Waals surface area contributed by atoms with Gasteiger partial charge in [0.2, 0.25) is 11.7 Å². The summed E-state index contributed by atoms with van der Waals surface area (Å²) in [5, 5.41) is 18.1. The van der Waals surface area contributed by atoms with Crippen molar-refractivity contribution in [2.45, 2.75) is 19.1 Å². The molecule has 2 amide bonds. The Balaban J connectivity index is 1.36. The highest BCUT2D eigenvalue weighted by molar-refractivity contribution is 7.10. The van der Waals surface area contributed by atoms with E-state index in [-0.39, 0.29) is 24.1 Å². The smallest absolute Gasteiger partial charge is 0.251 e. The Kier molecular flexibility index (Phi) is 7.73. The van der Waals surface area contributed by atoms with Gasteiger partial charge in [0.25, 0.3) is 5.91 Å². The first-order valence-electron chi connectivity index (χ1n) is 13.1. The molecule has 0 aliphatic heterocycles. The molecule has 9 nitrogen and oxygen atoms in total. The molecule has 0 aliphatic carbocycles. The van der Waals surface area contributed by atoms with Crippen molar-refractivity contribution in [3.63, 3.8) is 0 Å². The Labute approximate surface area is 244 Å². The first kappa shape index (κ1) is 26.9. The van der Waals surface area contributed by atoms with Crippen LogP contribution in [0.25, 0.3) is 22.3 Å². The summed E-state index contributed by atoms with van der Waals surface area (Å²) in [6, 6.07) is 27.3. The normalized spacial score (nSPS) is 11.7. The largest absolute Gasteiger partial charge is 0.350 e. The highest BCUT2D eigenvalue weighted by Crippen LogP contribution is 2.32. The van der Waals surface area contributed by atoms with E-state index in [0.29, 0.717) is 22.7 Å². The quantitative estimate of drug-likeness (QED) is 0.254.